The zero-order valence-electron chi connectivity index (χ0n) is 20.3. The van der Waals surface area contributed by atoms with Crippen molar-refractivity contribution < 1.29 is 19.1 Å². The number of nitrogens with zero attached hydrogens (tertiary/aromatic N) is 5. The average molecular weight is 480 g/mol. The van der Waals surface area contributed by atoms with E-state index in [9.17, 15) is 9.59 Å². The Morgan fingerprint density at radius 3 is 2.57 bits per heavy atom. The third kappa shape index (κ3) is 5.73. The Morgan fingerprint density at radius 1 is 1.09 bits per heavy atom. The lowest BCUT2D eigenvalue weighted by molar-refractivity contribution is -0.142. The van der Waals surface area contributed by atoms with Crippen LogP contribution in [0.1, 0.15) is 25.7 Å². The standard InChI is InChI=1S/C26H33N5O4/c1-34-21-5-2-4-20(16-21)23-9-10-24(28-27-23)29-11-13-30(14-12-29)25(32)18-31(26(33)19-7-8-19)17-22-6-3-15-35-22/h2,4-5,9-10,16,19,22H,3,6-8,11-15,17-18H2,1H3. The molecule has 1 aromatic carbocycles. The van der Waals surface area contributed by atoms with Crippen molar-refractivity contribution in [3.05, 3.63) is 36.4 Å². The van der Waals surface area contributed by atoms with Crippen molar-refractivity contribution in [2.75, 3.05) is 57.9 Å². The normalized spacial score (nSPS) is 20.1. The Kier molecular flexibility index (Phi) is 7.13. The van der Waals surface area contributed by atoms with Gasteiger partial charge in [-0.25, -0.2) is 0 Å². The van der Waals surface area contributed by atoms with Crippen molar-refractivity contribution >= 4 is 17.6 Å². The summed E-state index contributed by atoms with van der Waals surface area (Å²) in [7, 11) is 1.64. The number of hydrogen-bond acceptors (Lipinski definition) is 7. The molecular weight excluding hydrogens is 446 g/mol. The highest BCUT2D eigenvalue weighted by Gasteiger charge is 2.36. The SMILES string of the molecule is COc1cccc(-c2ccc(N3CCN(C(=O)CN(CC4CCCO4)C(=O)C4CC4)CC3)nn2)c1. The molecule has 2 aliphatic heterocycles. The summed E-state index contributed by atoms with van der Waals surface area (Å²) >= 11 is 0. The van der Waals surface area contributed by atoms with E-state index in [1.165, 1.54) is 0 Å². The number of hydrogen-bond donors (Lipinski definition) is 0. The van der Waals surface area contributed by atoms with Gasteiger partial charge in [0.2, 0.25) is 11.8 Å². The van der Waals surface area contributed by atoms with Crippen LogP contribution in [-0.2, 0) is 14.3 Å². The van der Waals surface area contributed by atoms with E-state index in [1.54, 1.807) is 12.0 Å². The van der Waals surface area contributed by atoms with Crippen molar-refractivity contribution in [2.45, 2.75) is 31.8 Å². The smallest absolute Gasteiger partial charge is 0.242 e. The molecule has 3 fully saturated rings. The average Bonchev–Trinajstić information content (AvgIpc) is 3.64. The molecule has 0 N–H and O–H groups in total. The van der Waals surface area contributed by atoms with Crippen molar-refractivity contribution in [3.8, 4) is 17.0 Å². The Bertz CT molecular complexity index is 1030. The number of rotatable bonds is 8. The van der Waals surface area contributed by atoms with Gasteiger partial charge in [0.15, 0.2) is 5.82 Å². The first-order valence-corrected chi connectivity index (χ1v) is 12.5. The minimum Gasteiger partial charge on any atom is -0.497 e. The minimum atomic E-state index is 0.0103. The lowest BCUT2D eigenvalue weighted by Gasteiger charge is -2.36. The summed E-state index contributed by atoms with van der Waals surface area (Å²) in [5.74, 6) is 1.80. The molecule has 1 unspecified atom stereocenters. The van der Waals surface area contributed by atoms with Crippen LogP contribution in [0.2, 0.25) is 0 Å². The Hall–Kier alpha value is -3.20. The zero-order valence-corrected chi connectivity index (χ0v) is 20.3. The van der Waals surface area contributed by atoms with E-state index in [4.69, 9.17) is 9.47 Å². The highest BCUT2D eigenvalue weighted by Crippen LogP contribution is 2.31. The fraction of sp³-hybridized carbons (Fsp3) is 0.538. The largest absolute Gasteiger partial charge is 0.497 e. The molecule has 2 saturated heterocycles. The molecule has 1 aromatic heterocycles. The van der Waals surface area contributed by atoms with Gasteiger partial charge in [0, 0.05) is 50.8 Å². The molecule has 186 valence electrons. The molecule has 35 heavy (non-hydrogen) atoms. The number of anilines is 1. The molecule has 0 spiro atoms. The van der Waals surface area contributed by atoms with Crippen LogP contribution in [0.4, 0.5) is 5.82 Å². The minimum absolute atomic E-state index is 0.0103. The number of carbonyl (C=O) groups is 2. The number of amides is 2. The molecule has 1 atom stereocenters. The highest BCUT2D eigenvalue weighted by atomic mass is 16.5. The summed E-state index contributed by atoms with van der Waals surface area (Å²) in [4.78, 5) is 31.6. The zero-order chi connectivity index (χ0) is 24.2. The van der Waals surface area contributed by atoms with E-state index in [2.05, 4.69) is 15.1 Å². The van der Waals surface area contributed by atoms with Gasteiger partial charge < -0.3 is 24.2 Å². The van der Waals surface area contributed by atoms with E-state index in [0.717, 1.165) is 55.1 Å². The van der Waals surface area contributed by atoms with Crippen LogP contribution in [0, 0.1) is 5.92 Å². The van der Waals surface area contributed by atoms with Crippen molar-refractivity contribution in [3.63, 3.8) is 0 Å². The maximum atomic E-state index is 13.1. The fourth-order valence-corrected chi connectivity index (χ4v) is 4.73. The predicted molar refractivity (Wildman–Crippen MR) is 131 cm³/mol. The molecule has 1 aliphatic carbocycles. The third-order valence-corrected chi connectivity index (χ3v) is 6.98. The maximum Gasteiger partial charge on any atom is 0.242 e. The predicted octanol–water partition coefficient (Wildman–Crippen LogP) is 2.22. The van der Waals surface area contributed by atoms with Crippen molar-refractivity contribution in [1.29, 1.82) is 0 Å². The van der Waals surface area contributed by atoms with Gasteiger partial charge in [-0.3, -0.25) is 9.59 Å². The summed E-state index contributed by atoms with van der Waals surface area (Å²) in [6.45, 7) is 3.98. The maximum absolute atomic E-state index is 13.1. The molecule has 0 radical (unpaired) electrons. The van der Waals surface area contributed by atoms with Gasteiger partial charge in [-0.1, -0.05) is 12.1 Å². The van der Waals surface area contributed by atoms with Gasteiger partial charge >= 0.3 is 0 Å². The van der Waals surface area contributed by atoms with Gasteiger partial charge in [-0.2, -0.15) is 0 Å². The van der Waals surface area contributed by atoms with E-state index in [1.807, 2.05) is 41.3 Å². The van der Waals surface area contributed by atoms with Crippen LogP contribution in [0.5, 0.6) is 5.75 Å². The summed E-state index contributed by atoms with van der Waals surface area (Å²) in [6.07, 6.45) is 3.91. The van der Waals surface area contributed by atoms with E-state index < -0.39 is 0 Å². The number of methoxy groups -OCH3 is 1. The fourth-order valence-electron chi connectivity index (χ4n) is 4.73. The number of aromatic nitrogens is 2. The van der Waals surface area contributed by atoms with E-state index >= 15 is 0 Å². The van der Waals surface area contributed by atoms with Gasteiger partial charge in [0.05, 0.1) is 25.5 Å². The molecule has 3 aliphatic rings. The molecule has 2 amide bonds. The van der Waals surface area contributed by atoms with Crippen LogP contribution in [0.15, 0.2) is 36.4 Å². The molecule has 5 rings (SSSR count). The second-order valence-electron chi connectivity index (χ2n) is 9.50. The molecule has 1 saturated carbocycles. The molecule has 9 heteroatoms. The first-order valence-electron chi connectivity index (χ1n) is 12.5. The van der Waals surface area contributed by atoms with Gasteiger partial charge in [-0.15, -0.1) is 10.2 Å². The van der Waals surface area contributed by atoms with Crippen LogP contribution in [0.25, 0.3) is 11.3 Å². The quantitative estimate of drug-likeness (QED) is 0.574. The van der Waals surface area contributed by atoms with Crippen molar-refractivity contribution in [2.24, 2.45) is 5.92 Å². The third-order valence-electron chi connectivity index (χ3n) is 6.98. The number of carbonyl (C=O) groups excluding carboxylic acids is 2. The van der Waals surface area contributed by atoms with E-state index in [-0.39, 0.29) is 30.4 Å². The number of piperazine rings is 1. The first-order chi connectivity index (χ1) is 17.1. The van der Waals surface area contributed by atoms with E-state index in [0.29, 0.717) is 32.7 Å². The van der Waals surface area contributed by atoms with Gasteiger partial charge in [0.1, 0.15) is 5.75 Å². The van der Waals surface area contributed by atoms with Crippen LogP contribution in [-0.4, -0.2) is 90.9 Å². The summed E-state index contributed by atoms with van der Waals surface area (Å²) < 4.78 is 11.0. The second kappa shape index (κ2) is 10.6. The Morgan fingerprint density at radius 2 is 1.91 bits per heavy atom. The Balaban J connectivity index is 1.15. The molecule has 3 heterocycles. The van der Waals surface area contributed by atoms with Gasteiger partial charge in [-0.05, 0) is 49.9 Å². The lowest BCUT2D eigenvalue weighted by Crippen LogP contribution is -2.53. The second-order valence-corrected chi connectivity index (χ2v) is 9.50. The summed E-state index contributed by atoms with van der Waals surface area (Å²) in [6, 6.07) is 11.7. The topological polar surface area (TPSA) is 88.1 Å². The Labute approximate surface area is 206 Å². The highest BCUT2D eigenvalue weighted by molar-refractivity contribution is 5.87. The van der Waals surface area contributed by atoms with Crippen LogP contribution < -0.4 is 9.64 Å². The molecule has 2 aromatic rings. The molecule has 9 nitrogen and oxygen atoms in total. The molecule has 0 bridgehead atoms. The molecular formula is C26H33N5O4. The summed E-state index contributed by atoms with van der Waals surface area (Å²) in [5, 5.41) is 8.82. The lowest BCUT2D eigenvalue weighted by atomic mass is 10.1. The summed E-state index contributed by atoms with van der Waals surface area (Å²) in [5.41, 5.74) is 1.74. The monoisotopic (exact) mass is 479 g/mol. The van der Waals surface area contributed by atoms with Crippen LogP contribution >= 0.6 is 0 Å². The van der Waals surface area contributed by atoms with Gasteiger partial charge in [0.25, 0.3) is 0 Å². The first kappa shape index (κ1) is 23.5. The van der Waals surface area contributed by atoms with Crippen molar-refractivity contribution in [1.82, 2.24) is 20.0 Å². The number of ether oxygens (including phenoxy) is 2. The van der Waals surface area contributed by atoms with Crippen LogP contribution in [0.3, 0.4) is 0 Å². The number of benzene rings is 1.